The molecule has 4 rings (SSSR count). The number of nitrogens with zero attached hydrogens (tertiary/aromatic N) is 1. The molecule has 0 amide bonds. The number of hydrogen-bond acceptors (Lipinski definition) is 3. The van der Waals surface area contributed by atoms with Gasteiger partial charge in [-0.05, 0) is 55.3 Å². The molecule has 2 nitrogen and oxygen atoms in total. The van der Waals surface area contributed by atoms with Gasteiger partial charge in [-0.3, -0.25) is 4.98 Å². The predicted octanol–water partition coefficient (Wildman–Crippen LogP) is 5.71. The van der Waals surface area contributed by atoms with E-state index in [0.717, 1.165) is 5.75 Å². The summed E-state index contributed by atoms with van der Waals surface area (Å²) in [5.74, 6) is 1.01. The summed E-state index contributed by atoms with van der Waals surface area (Å²) in [6.45, 7) is 0. The van der Waals surface area contributed by atoms with E-state index in [0.29, 0.717) is 6.10 Å². The van der Waals surface area contributed by atoms with Gasteiger partial charge >= 0.3 is 0 Å². The van der Waals surface area contributed by atoms with Gasteiger partial charge in [0.15, 0.2) is 0 Å². The number of thiophene rings is 1. The van der Waals surface area contributed by atoms with Gasteiger partial charge < -0.3 is 4.74 Å². The Morgan fingerprint density at radius 3 is 2.77 bits per heavy atom. The molecule has 0 N–H and O–H groups in total. The van der Waals surface area contributed by atoms with E-state index in [9.17, 15) is 0 Å². The van der Waals surface area contributed by atoms with Gasteiger partial charge in [-0.25, -0.2) is 0 Å². The number of halogens is 1. The van der Waals surface area contributed by atoms with Gasteiger partial charge in [0, 0.05) is 33.6 Å². The molecule has 0 spiro atoms. The van der Waals surface area contributed by atoms with Crippen LogP contribution in [0, 0.1) is 0 Å². The topological polar surface area (TPSA) is 22.1 Å². The molecule has 1 fully saturated rings. The fraction of sp³-hybridized carbons (Fsp3) is 0.278. The summed E-state index contributed by atoms with van der Waals surface area (Å²) in [4.78, 5) is 4.21. The average Bonchev–Trinajstić information content (AvgIpc) is 3.17. The minimum Gasteiger partial charge on any atom is -0.490 e. The van der Waals surface area contributed by atoms with Crippen molar-refractivity contribution in [3.8, 4) is 16.9 Å². The molecule has 0 saturated heterocycles. The first-order chi connectivity index (χ1) is 10.4. The van der Waals surface area contributed by atoms with Crippen molar-refractivity contribution in [3.05, 3.63) is 48.1 Å². The molecule has 0 aliphatic heterocycles. The fourth-order valence-corrected chi connectivity index (χ4v) is 4.02. The SMILES string of the molecule is Cl.c1cncc(-c2csc3cc(OC4CCCC4)ccc23)c1. The van der Waals surface area contributed by atoms with Crippen LogP contribution in [0.4, 0.5) is 0 Å². The molecule has 1 saturated carbocycles. The van der Waals surface area contributed by atoms with Crippen molar-refractivity contribution in [2.24, 2.45) is 0 Å². The van der Waals surface area contributed by atoms with Crippen molar-refractivity contribution in [2.75, 3.05) is 0 Å². The molecule has 0 radical (unpaired) electrons. The summed E-state index contributed by atoms with van der Waals surface area (Å²) in [7, 11) is 0. The van der Waals surface area contributed by atoms with Gasteiger partial charge in [-0.2, -0.15) is 0 Å². The van der Waals surface area contributed by atoms with Crippen molar-refractivity contribution in [3.63, 3.8) is 0 Å². The second-order valence-corrected chi connectivity index (χ2v) is 6.48. The lowest BCUT2D eigenvalue weighted by Crippen LogP contribution is -2.10. The summed E-state index contributed by atoms with van der Waals surface area (Å²) in [6, 6.07) is 10.6. The van der Waals surface area contributed by atoms with Crippen LogP contribution < -0.4 is 4.74 Å². The first kappa shape index (κ1) is 15.3. The van der Waals surface area contributed by atoms with Crippen LogP contribution in [-0.4, -0.2) is 11.1 Å². The van der Waals surface area contributed by atoms with E-state index in [1.807, 2.05) is 18.5 Å². The quantitative estimate of drug-likeness (QED) is 0.613. The van der Waals surface area contributed by atoms with E-state index in [2.05, 4.69) is 34.6 Å². The van der Waals surface area contributed by atoms with Crippen LogP contribution in [0.1, 0.15) is 25.7 Å². The van der Waals surface area contributed by atoms with Crippen molar-refractivity contribution >= 4 is 33.8 Å². The lowest BCUT2D eigenvalue weighted by molar-refractivity contribution is 0.210. The number of aromatic nitrogens is 1. The summed E-state index contributed by atoms with van der Waals surface area (Å²) >= 11 is 1.77. The van der Waals surface area contributed by atoms with Crippen molar-refractivity contribution in [1.29, 1.82) is 0 Å². The molecular formula is C18H18ClNOS. The van der Waals surface area contributed by atoms with Crippen molar-refractivity contribution < 1.29 is 4.74 Å². The Morgan fingerprint density at radius 2 is 2.00 bits per heavy atom. The maximum Gasteiger partial charge on any atom is 0.121 e. The molecule has 0 bridgehead atoms. The summed E-state index contributed by atoms with van der Waals surface area (Å²) < 4.78 is 7.37. The number of rotatable bonds is 3. The molecule has 22 heavy (non-hydrogen) atoms. The molecule has 2 aromatic heterocycles. The first-order valence-electron chi connectivity index (χ1n) is 7.48. The Hall–Kier alpha value is -1.58. The second kappa shape index (κ2) is 6.67. The van der Waals surface area contributed by atoms with Gasteiger partial charge in [0.2, 0.25) is 0 Å². The predicted molar refractivity (Wildman–Crippen MR) is 95.2 cm³/mol. The van der Waals surface area contributed by atoms with E-state index < -0.39 is 0 Å². The monoisotopic (exact) mass is 331 g/mol. The first-order valence-corrected chi connectivity index (χ1v) is 8.36. The van der Waals surface area contributed by atoms with Crippen LogP contribution in [0.25, 0.3) is 21.2 Å². The average molecular weight is 332 g/mol. The highest BCUT2D eigenvalue weighted by molar-refractivity contribution is 7.17. The molecule has 4 heteroatoms. The smallest absolute Gasteiger partial charge is 0.121 e. The van der Waals surface area contributed by atoms with Gasteiger partial charge in [0.25, 0.3) is 0 Å². The zero-order valence-corrected chi connectivity index (χ0v) is 13.8. The lowest BCUT2D eigenvalue weighted by Gasteiger charge is -2.12. The molecule has 0 atom stereocenters. The van der Waals surface area contributed by atoms with Crippen LogP contribution in [0.15, 0.2) is 48.1 Å². The summed E-state index contributed by atoms with van der Waals surface area (Å²) in [5.41, 5.74) is 2.43. The van der Waals surface area contributed by atoms with Gasteiger partial charge in [-0.1, -0.05) is 6.07 Å². The van der Waals surface area contributed by atoms with E-state index in [-0.39, 0.29) is 12.4 Å². The van der Waals surface area contributed by atoms with E-state index in [1.165, 1.54) is 46.9 Å². The highest BCUT2D eigenvalue weighted by atomic mass is 35.5. The Balaban J connectivity index is 0.00000144. The molecule has 3 aromatic rings. The number of ether oxygens (including phenoxy) is 1. The standard InChI is InChI=1S/C18H17NOS.ClH/c1-2-6-14(5-1)20-15-7-8-16-17(12-21-18(16)10-15)13-4-3-9-19-11-13;/h3-4,7-12,14H,1-2,5-6H2;1H. The molecule has 114 valence electrons. The zero-order chi connectivity index (χ0) is 14.1. The summed E-state index contributed by atoms with van der Waals surface area (Å²) in [5, 5.41) is 3.49. The van der Waals surface area contributed by atoms with E-state index in [4.69, 9.17) is 4.74 Å². The number of hydrogen-bond donors (Lipinski definition) is 0. The largest absolute Gasteiger partial charge is 0.490 e. The number of fused-ring (bicyclic) bond motifs is 1. The third-order valence-electron chi connectivity index (χ3n) is 4.12. The molecule has 2 heterocycles. The summed E-state index contributed by atoms with van der Waals surface area (Å²) in [6.07, 6.45) is 9.15. The Labute approximate surface area is 140 Å². The van der Waals surface area contributed by atoms with Gasteiger partial charge in [0.1, 0.15) is 5.75 Å². The number of benzene rings is 1. The normalized spacial score (nSPS) is 14.9. The minimum absolute atomic E-state index is 0. The van der Waals surface area contributed by atoms with Crippen LogP contribution in [-0.2, 0) is 0 Å². The van der Waals surface area contributed by atoms with Crippen LogP contribution in [0.2, 0.25) is 0 Å². The van der Waals surface area contributed by atoms with Crippen LogP contribution >= 0.6 is 23.7 Å². The maximum atomic E-state index is 6.09. The third-order valence-corrected chi connectivity index (χ3v) is 5.07. The van der Waals surface area contributed by atoms with Crippen molar-refractivity contribution in [2.45, 2.75) is 31.8 Å². The fourth-order valence-electron chi connectivity index (χ4n) is 3.03. The molecule has 1 aliphatic rings. The van der Waals surface area contributed by atoms with Crippen molar-refractivity contribution in [1.82, 2.24) is 4.98 Å². The Bertz CT molecular complexity index is 750. The third kappa shape index (κ3) is 2.96. The Morgan fingerprint density at radius 1 is 1.14 bits per heavy atom. The van der Waals surface area contributed by atoms with E-state index >= 15 is 0 Å². The highest BCUT2D eigenvalue weighted by Crippen LogP contribution is 2.36. The van der Waals surface area contributed by atoms with Crippen LogP contribution in [0.3, 0.4) is 0 Å². The van der Waals surface area contributed by atoms with E-state index in [1.54, 1.807) is 11.3 Å². The Kier molecular flexibility index (Phi) is 4.65. The highest BCUT2D eigenvalue weighted by Gasteiger charge is 2.17. The molecule has 0 unspecified atom stereocenters. The van der Waals surface area contributed by atoms with Crippen LogP contribution in [0.5, 0.6) is 5.75 Å². The second-order valence-electron chi connectivity index (χ2n) is 5.57. The van der Waals surface area contributed by atoms with Gasteiger partial charge in [-0.15, -0.1) is 23.7 Å². The van der Waals surface area contributed by atoms with Gasteiger partial charge in [0.05, 0.1) is 6.10 Å². The molecule has 1 aromatic carbocycles. The number of pyridine rings is 1. The minimum atomic E-state index is 0. The zero-order valence-electron chi connectivity index (χ0n) is 12.2. The lowest BCUT2D eigenvalue weighted by atomic mass is 10.1. The maximum absolute atomic E-state index is 6.09. The molecular weight excluding hydrogens is 314 g/mol. The molecule has 1 aliphatic carbocycles.